The van der Waals surface area contributed by atoms with Crippen molar-refractivity contribution in [2.24, 2.45) is 0 Å². The third kappa shape index (κ3) is 3.88. The van der Waals surface area contributed by atoms with Crippen molar-refractivity contribution in [1.29, 1.82) is 0 Å². The van der Waals surface area contributed by atoms with Crippen molar-refractivity contribution in [1.82, 2.24) is 5.32 Å². The van der Waals surface area contributed by atoms with Gasteiger partial charge < -0.3 is 24.4 Å². The van der Waals surface area contributed by atoms with Gasteiger partial charge in [0.2, 0.25) is 5.91 Å². The second kappa shape index (κ2) is 7.80. The van der Waals surface area contributed by atoms with E-state index in [4.69, 9.17) is 14.2 Å². The van der Waals surface area contributed by atoms with Crippen LogP contribution >= 0.6 is 0 Å². The van der Waals surface area contributed by atoms with E-state index in [0.717, 1.165) is 5.56 Å². The third-order valence-corrected chi connectivity index (χ3v) is 4.71. The van der Waals surface area contributed by atoms with Gasteiger partial charge in [0.15, 0.2) is 18.1 Å². The number of nitrogens with zero attached hydrogens (tertiary/aromatic N) is 1. The first-order valence-corrected chi connectivity index (χ1v) is 9.29. The highest BCUT2D eigenvalue weighted by Crippen LogP contribution is 2.33. The molecule has 2 aliphatic rings. The van der Waals surface area contributed by atoms with E-state index in [1.807, 2.05) is 49.4 Å². The van der Waals surface area contributed by atoms with Gasteiger partial charge >= 0.3 is 0 Å². The lowest BCUT2D eigenvalue weighted by Gasteiger charge is -2.29. The molecular formula is C21H22N2O5. The van der Waals surface area contributed by atoms with Crippen molar-refractivity contribution in [3.63, 3.8) is 0 Å². The molecule has 146 valence electrons. The molecule has 7 nitrogen and oxygen atoms in total. The number of hydrogen-bond donors (Lipinski definition) is 1. The van der Waals surface area contributed by atoms with Crippen LogP contribution in [-0.4, -0.2) is 44.2 Å². The van der Waals surface area contributed by atoms with E-state index in [0.29, 0.717) is 42.6 Å². The number of benzene rings is 2. The molecule has 0 aromatic heterocycles. The highest BCUT2D eigenvalue weighted by Gasteiger charge is 2.26. The topological polar surface area (TPSA) is 77.1 Å². The van der Waals surface area contributed by atoms with Crippen molar-refractivity contribution in [3.05, 3.63) is 48.0 Å². The number of fused-ring (bicyclic) bond motifs is 2. The number of ether oxygens (including phenoxy) is 3. The minimum absolute atomic E-state index is 0.00958. The first-order valence-electron chi connectivity index (χ1n) is 9.29. The summed E-state index contributed by atoms with van der Waals surface area (Å²) in [6.45, 7) is 2.97. The van der Waals surface area contributed by atoms with Gasteiger partial charge in [-0.2, -0.15) is 0 Å². The van der Waals surface area contributed by atoms with E-state index < -0.39 is 0 Å². The number of anilines is 1. The third-order valence-electron chi connectivity index (χ3n) is 4.71. The molecule has 0 radical (unpaired) electrons. The standard InChI is InChI=1S/C21H22N2O5/c1-14-6-7-17-16(10-14)23(21(25)13-27-17)9-8-20(24)22-11-15-12-26-18-4-2-3-5-19(18)28-15/h2-7,10,15H,8-9,11-13H2,1H3,(H,22,24)/t15-/m0/s1. The molecule has 1 N–H and O–H groups in total. The molecule has 0 saturated carbocycles. The number of amides is 2. The van der Waals surface area contributed by atoms with E-state index in [2.05, 4.69) is 5.32 Å². The molecule has 2 aliphatic heterocycles. The summed E-state index contributed by atoms with van der Waals surface area (Å²) < 4.78 is 16.9. The van der Waals surface area contributed by atoms with Crippen LogP contribution in [0, 0.1) is 6.92 Å². The number of aryl methyl sites for hydroxylation is 1. The molecule has 2 amide bonds. The number of nitrogens with one attached hydrogen (secondary N) is 1. The zero-order valence-corrected chi connectivity index (χ0v) is 15.6. The van der Waals surface area contributed by atoms with Gasteiger partial charge in [0, 0.05) is 13.0 Å². The van der Waals surface area contributed by atoms with Crippen LogP contribution in [0.3, 0.4) is 0 Å². The van der Waals surface area contributed by atoms with Gasteiger partial charge in [-0.1, -0.05) is 18.2 Å². The number of carbonyl (C=O) groups excluding carboxylic acids is 2. The highest BCUT2D eigenvalue weighted by molar-refractivity contribution is 5.98. The summed E-state index contributed by atoms with van der Waals surface area (Å²) in [5.74, 6) is 1.77. The number of rotatable bonds is 5. The van der Waals surface area contributed by atoms with Gasteiger partial charge in [-0.15, -0.1) is 0 Å². The van der Waals surface area contributed by atoms with Crippen molar-refractivity contribution < 1.29 is 23.8 Å². The lowest BCUT2D eigenvalue weighted by molar-refractivity contribution is -0.122. The Hall–Kier alpha value is -3.22. The summed E-state index contributed by atoms with van der Waals surface area (Å²) in [5.41, 5.74) is 1.74. The minimum Gasteiger partial charge on any atom is -0.486 e. The normalized spacial score (nSPS) is 17.5. The van der Waals surface area contributed by atoms with E-state index in [9.17, 15) is 9.59 Å². The molecule has 0 fully saturated rings. The first-order chi connectivity index (χ1) is 13.6. The van der Waals surface area contributed by atoms with Crippen molar-refractivity contribution in [2.45, 2.75) is 19.4 Å². The monoisotopic (exact) mass is 382 g/mol. The first kappa shape index (κ1) is 18.2. The van der Waals surface area contributed by atoms with Gasteiger partial charge in [-0.3, -0.25) is 9.59 Å². The molecule has 2 aromatic rings. The van der Waals surface area contributed by atoms with Crippen LogP contribution < -0.4 is 24.4 Å². The molecule has 0 unspecified atom stereocenters. The van der Waals surface area contributed by atoms with Gasteiger partial charge in [0.05, 0.1) is 12.2 Å². The summed E-state index contributed by atoms with van der Waals surface area (Å²) >= 11 is 0. The lowest BCUT2D eigenvalue weighted by Crippen LogP contribution is -2.43. The second-order valence-corrected chi connectivity index (χ2v) is 6.86. The fourth-order valence-electron chi connectivity index (χ4n) is 3.25. The quantitative estimate of drug-likeness (QED) is 0.857. The molecule has 28 heavy (non-hydrogen) atoms. The van der Waals surface area contributed by atoms with Gasteiger partial charge in [-0.05, 0) is 36.8 Å². The van der Waals surface area contributed by atoms with Gasteiger partial charge in [0.1, 0.15) is 18.5 Å². The predicted octanol–water partition coefficient (Wildman–Crippen LogP) is 2.07. The number of carbonyl (C=O) groups is 2. The summed E-state index contributed by atoms with van der Waals surface area (Å²) in [6.07, 6.45) is -0.0456. The van der Waals surface area contributed by atoms with Crippen molar-refractivity contribution in [3.8, 4) is 17.2 Å². The Bertz CT molecular complexity index is 898. The fourth-order valence-corrected chi connectivity index (χ4v) is 3.25. The fraction of sp³-hybridized carbons (Fsp3) is 0.333. The molecule has 4 rings (SSSR count). The smallest absolute Gasteiger partial charge is 0.265 e. The van der Waals surface area contributed by atoms with E-state index in [1.165, 1.54) is 0 Å². The average molecular weight is 382 g/mol. The summed E-state index contributed by atoms with van der Waals surface area (Å²) in [5, 5.41) is 2.86. The maximum absolute atomic E-state index is 12.3. The second-order valence-electron chi connectivity index (χ2n) is 6.86. The zero-order chi connectivity index (χ0) is 19.5. The SMILES string of the molecule is Cc1ccc2c(c1)N(CCC(=O)NC[C@H]1COc3ccccc3O1)C(=O)CO2. The maximum atomic E-state index is 12.3. The Morgan fingerprint density at radius 2 is 1.96 bits per heavy atom. The molecule has 0 bridgehead atoms. The molecule has 2 heterocycles. The van der Waals surface area contributed by atoms with Gasteiger partial charge in [-0.25, -0.2) is 0 Å². The van der Waals surface area contributed by atoms with Crippen LogP contribution in [0.15, 0.2) is 42.5 Å². The summed E-state index contributed by atoms with van der Waals surface area (Å²) in [6, 6.07) is 13.1. The van der Waals surface area contributed by atoms with Crippen LogP contribution in [0.25, 0.3) is 0 Å². The highest BCUT2D eigenvalue weighted by atomic mass is 16.6. The van der Waals surface area contributed by atoms with Crippen molar-refractivity contribution in [2.75, 3.05) is 31.2 Å². The zero-order valence-electron chi connectivity index (χ0n) is 15.6. The predicted molar refractivity (Wildman–Crippen MR) is 103 cm³/mol. The molecule has 2 aromatic carbocycles. The van der Waals surface area contributed by atoms with E-state index in [-0.39, 0.29) is 30.9 Å². The Labute approximate surface area is 163 Å². The molecule has 0 aliphatic carbocycles. The minimum atomic E-state index is -0.243. The van der Waals surface area contributed by atoms with Crippen LogP contribution in [0.1, 0.15) is 12.0 Å². The Morgan fingerprint density at radius 1 is 1.14 bits per heavy atom. The largest absolute Gasteiger partial charge is 0.486 e. The average Bonchev–Trinajstić information content (AvgIpc) is 2.71. The summed E-state index contributed by atoms with van der Waals surface area (Å²) in [7, 11) is 0. The molecule has 0 saturated heterocycles. The molecule has 1 atom stereocenters. The van der Waals surface area contributed by atoms with Gasteiger partial charge in [0.25, 0.3) is 5.91 Å². The Balaban J connectivity index is 1.30. The van der Waals surface area contributed by atoms with E-state index >= 15 is 0 Å². The molecule has 0 spiro atoms. The molecule has 7 heteroatoms. The number of hydrogen-bond acceptors (Lipinski definition) is 5. The van der Waals surface area contributed by atoms with Crippen molar-refractivity contribution >= 4 is 17.5 Å². The lowest BCUT2D eigenvalue weighted by atomic mass is 10.1. The van der Waals surface area contributed by atoms with Crippen LogP contribution in [-0.2, 0) is 9.59 Å². The maximum Gasteiger partial charge on any atom is 0.265 e. The summed E-state index contributed by atoms with van der Waals surface area (Å²) in [4.78, 5) is 26.1. The van der Waals surface area contributed by atoms with Crippen LogP contribution in [0.4, 0.5) is 5.69 Å². The van der Waals surface area contributed by atoms with Crippen LogP contribution in [0.5, 0.6) is 17.2 Å². The Kier molecular flexibility index (Phi) is 5.06. The van der Waals surface area contributed by atoms with Crippen LogP contribution in [0.2, 0.25) is 0 Å². The Morgan fingerprint density at radius 3 is 2.82 bits per heavy atom. The van der Waals surface area contributed by atoms with E-state index in [1.54, 1.807) is 4.90 Å². The molecular weight excluding hydrogens is 360 g/mol. The number of para-hydroxylation sites is 2.